The summed E-state index contributed by atoms with van der Waals surface area (Å²) < 4.78 is 0. The maximum absolute atomic E-state index is 11.0. The molecule has 2 rings (SSSR count). The highest BCUT2D eigenvalue weighted by Gasteiger charge is 2.17. The molecule has 0 unspecified atom stereocenters. The Hall–Kier alpha value is -0.910. The topological polar surface area (TPSA) is 58.4 Å². The van der Waals surface area contributed by atoms with Crippen molar-refractivity contribution in [1.82, 2.24) is 10.3 Å². The number of carbonyl (C=O) groups is 1. The molecule has 0 fully saturated rings. The second kappa shape index (κ2) is 4.74. The molecule has 1 aliphatic heterocycles. The van der Waals surface area contributed by atoms with E-state index in [0.717, 1.165) is 26.1 Å². The molecule has 3 N–H and O–H groups in total. The van der Waals surface area contributed by atoms with Crippen LogP contribution in [0.15, 0.2) is 11.4 Å². The molecule has 0 aliphatic carbocycles. The molecule has 1 aromatic rings. The van der Waals surface area contributed by atoms with E-state index in [9.17, 15) is 4.79 Å². The van der Waals surface area contributed by atoms with Crippen LogP contribution in [-0.2, 0) is 17.8 Å². The molecule has 1 aliphatic rings. The first-order chi connectivity index (χ1) is 7.29. The van der Waals surface area contributed by atoms with Crippen molar-refractivity contribution in [1.29, 1.82) is 0 Å². The molecule has 4 nitrogen and oxygen atoms in total. The Labute approximate surface area is 93.0 Å². The Morgan fingerprint density at radius 2 is 2.53 bits per heavy atom. The van der Waals surface area contributed by atoms with E-state index in [-0.39, 0.29) is 5.91 Å². The molecular weight excluding hydrogens is 210 g/mol. The first-order valence-electron chi connectivity index (χ1n) is 5.06. The fourth-order valence-corrected chi connectivity index (χ4v) is 2.72. The Morgan fingerprint density at radius 3 is 3.33 bits per heavy atom. The van der Waals surface area contributed by atoms with Crippen LogP contribution in [0.1, 0.15) is 16.9 Å². The fourth-order valence-electron chi connectivity index (χ4n) is 1.83. The van der Waals surface area contributed by atoms with Crippen molar-refractivity contribution in [3.05, 3.63) is 21.9 Å². The molecule has 1 aromatic heterocycles. The lowest BCUT2D eigenvalue weighted by atomic mass is 10.1. The minimum Gasteiger partial charge on any atom is -0.298 e. The van der Waals surface area contributed by atoms with Gasteiger partial charge in [-0.3, -0.25) is 15.1 Å². The number of nitrogens with two attached hydrogens (primary N) is 1. The number of fused-ring (bicyclic) bond motifs is 1. The standard InChI is InChI=1S/C10H15N3OS/c11-12-10(14)2-5-13-4-1-9-8(7-13)3-6-15-9/h3,6H,1-2,4-5,7,11H2,(H,12,14). The van der Waals surface area contributed by atoms with Crippen LogP contribution >= 0.6 is 11.3 Å². The van der Waals surface area contributed by atoms with Crippen molar-refractivity contribution in [2.75, 3.05) is 13.1 Å². The number of thiophene rings is 1. The minimum absolute atomic E-state index is 0.0916. The Balaban J connectivity index is 1.85. The maximum atomic E-state index is 11.0. The van der Waals surface area contributed by atoms with Gasteiger partial charge in [0.05, 0.1) is 0 Å². The van der Waals surface area contributed by atoms with Crippen LogP contribution in [0.5, 0.6) is 0 Å². The number of rotatable bonds is 3. The molecular formula is C10H15N3OS. The first-order valence-corrected chi connectivity index (χ1v) is 5.94. The van der Waals surface area contributed by atoms with Crippen LogP contribution in [0.2, 0.25) is 0 Å². The third kappa shape index (κ3) is 2.56. The van der Waals surface area contributed by atoms with Gasteiger partial charge in [0.25, 0.3) is 0 Å². The zero-order valence-corrected chi connectivity index (χ0v) is 9.35. The van der Waals surface area contributed by atoms with E-state index in [2.05, 4.69) is 21.8 Å². The number of nitrogens with zero attached hydrogens (tertiary/aromatic N) is 1. The summed E-state index contributed by atoms with van der Waals surface area (Å²) in [6.07, 6.45) is 1.59. The van der Waals surface area contributed by atoms with Gasteiger partial charge in [-0.25, -0.2) is 5.84 Å². The summed E-state index contributed by atoms with van der Waals surface area (Å²) in [5.41, 5.74) is 3.57. The van der Waals surface area contributed by atoms with Crippen molar-refractivity contribution in [2.24, 2.45) is 5.84 Å². The lowest BCUT2D eigenvalue weighted by molar-refractivity contribution is -0.121. The van der Waals surface area contributed by atoms with E-state index >= 15 is 0 Å². The number of hydrogen-bond acceptors (Lipinski definition) is 4. The van der Waals surface area contributed by atoms with Gasteiger partial charge in [-0.1, -0.05) is 0 Å². The van der Waals surface area contributed by atoms with Crippen LogP contribution < -0.4 is 11.3 Å². The molecule has 0 saturated carbocycles. The molecule has 1 amide bonds. The van der Waals surface area contributed by atoms with Gasteiger partial charge in [-0.2, -0.15) is 0 Å². The van der Waals surface area contributed by atoms with E-state index in [0.29, 0.717) is 6.42 Å². The van der Waals surface area contributed by atoms with Crippen LogP contribution in [-0.4, -0.2) is 23.9 Å². The van der Waals surface area contributed by atoms with Crippen molar-refractivity contribution < 1.29 is 4.79 Å². The summed E-state index contributed by atoms with van der Waals surface area (Å²) in [7, 11) is 0. The van der Waals surface area contributed by atoms with E-state index in [4.69, 9.17) is 5.84 Å². The monoisotopic (exact) mass is 225 g/mol. The summed E-state index contributed by atoms with van der Waals surface area (Å²) in [5, 5.41) is 2.14. The van der Waals surface area contributed by atoms with Gasteiger partial charge in [-0.15, -0.1) is 11.3 Å². The van der Waals surface area contributed by atoms with Crippen LogP contribution in [0.4, 0.5) is 0 Å². The quantitative estimate of drug-likeness (QED) is 0.447. The third-order valence-electron chi connectivity index (χ3n) is 2.70. The van der Waals surface area contributed by atoms with Gasteiger partial charge in [0, 0.05) is 30.9 Å². The summed E-state index contributed by atoms with van der Waals surface area (Å²) in [6, 6.07) is 2.18. The number of hydrogen-bond donors (Lipinski definition) is 2. The number of amides is 1. The number of carbonyl (C=O) groups excluding carboxylic acids is 1. The van der Waals surface area contributed by atoms with E-state index in [1.807, 2.05) is 11.3 Å². The van der Waals surface area contributed by atoms with E-state index < -0.39 is 0 Å². The summed E-state index contributed by atoms with van der Waals surface area (Å²) in [6.45, 7) is 2.81. The molecule has 0 radical (unpaired) electrons. The van der Waals surface area contributed by atoms with E-state index in [1.54, 1.807) is 0 Å². The predicted octanol–water partition coefficient (Wildman–Crippen LogP) is 0.486. The Bertz CT molecular complexity index is 350. The molecule has 0 saturated heterocycles. The minimum atomic E-state index is -0.0916. The number of nitrogens with one attached hydrogen (secondary N) is 1. The highest BCUT2D eigenvalue weighted by Crippen LogP contribution is 2.23. The SMILES string of the molecule is NNC(=O)CCN1CCc2sccc2C1. The van der Waals surface area contributed by atoms with Crippen molar-refractivity contribution in [3.63, 3.8) is 0 Å². The third-order valence-corrected chi connectivity index (χ3v) is 3.73. The van der Waals surface area contributed by atoms with Crippen LogP contribution in [0.25, 0.3) is 0 Å². The molecule has 0 bridgehead atoms. The smallest absolute Gasteiger partial charge is 0.235 e. The molecule has 82 valence electrons. The van der Waals surface area contributed by atoms with Crippen molar-refractivity contribution in [3.8, 4) is 0 Å². The molecule has 2 heterocycles. The van der Waals surface area contributed by atoms with Gasteiger partial charge < -0.3 is 0 Å². The zero-order chi connectivity index (χ0) is 10.7. The first kappa shape index (κ1) is 10.6. The maximum Gasteiger partial charge on any atom is 0.235 e. The van der Waals surface area contributed by atoms with Crippen molar-refractivity contribution >= 4 is 17.2 Å². The zero-order valence-electron chi connectivity index (χ0n) is 8.53. The predicted molar refractivity (Wildman–Crippen MR) is 60.2 cm³/mol. The van der Waals surface area contributed by atoms with Crippen LogP contribution in [0.3, 0.4) is 0 Å². The molecule has 15 heavy (non-hydrogen) atoms. The normalized spacial score (nSPS) is 16.1. The van der Waals surface area contributed by atoms with E-state index in [1.165, 1.54) is 10.4 Å². The van der Waals surface area contributed by atoms with Gasteiger partial charge in [0.2, 0.25) is 5.91 Å². The van der Waals surface area contributed by atoms with Gasteiger partial charge in [-0.05, 0) is 23.4 Å². The second-order valence-electron chi connectivity index (χ2n) is 3.71. The van der Waals surface area contributed by atoms with Crippen LogP contribution in [0, 0.1) is 0 Å². The summed E-state index contributed by atoms with van der Waals surface area (Å²) >= 11 is 1.83. The number of hydrazine groups is 1. The average Bonchev–Trinajstić information content (AvgIpc) is 2.72. The average molecular weight is 225 g/mol. The fraction of sp³-hybridized carbons (Fsp3) is 0.500. The lowest BCUT2D eigenvalue weighted by Crippen LogP contribution is -2.36. The second-order valence-corrected chi connectivity index (χ2v) is 4.71. The summed E-state index contributed by atoms with van der Waals surface area (Å²) in [5.74, 6) is 4.94. The van der Waals surface area contributed by atoms with Gasteiger partial charge in [0.1, 0.15) is 0 Å². The summed E-state index contributed by atoms with van der Waals surface area (Å²) in [4.78, 5) is 14.8. The van der Waals surface area contributed by atoms with Crippen molar-refractivity contribution in [2.45, 2.75) is 19.4 Å². The molecule has 0 spiro atoms. The van der Waals surface area contributed by atoms with Gasteiger partial charge >= 0.3 is 0 Å². The molecule has 0 atom stereocenters. The lowest BCUT2D eigenvalue weighted by Gasteiger charge is -2.26. The molecule has 5 heteroatoms. The Morgan fingerprint density at radius 1 is 1.67 bits per heavy atom. The highest BCUT2D eigenvalue weighted by molar-refractivity contribution is 7.10. The molecule has 0 aromatic carbocycles. The highest BCUT2D eigenvalue weighted by atomic mass is 32.1. The Kier molecular flexibility index (Phi) is 3.35. The largest absolute Gasteiger partial charge is 0.298 e. The van der Waals surface area contributed by atoms with Gasteiger partial charge in [0.15, 0.2) is 0 Å².